The number of methoxy groups -OCH3 is 1. The number of ether oxygens (including phenoxy) is 1. The summed E-state index contributed by atoms with van der Waals surface area (Å²) in [6.45, 7) is 4.10. The van der Waals surface area contributed by atoms with E-state index in [0.717, 1.165) is 16.3 Å². The number of benzene rings is 1. The second-order valence-corrected chi connectivity index (χ2v) is 6.44. The smallest absolute Gasteiger partial charge is 0.134 e. The third-order valence-electron chi connectivity index (χ3n) is 2.93. The Morgan fingerprint density at radius 3 is 2.67 bits per heavy atom. The van der Waals surface area contributed by atoms with Gasteiger partial charge in [-0.2, -0.15) is 0 Å². The van der Waals surface area contributed by atoms with Gasteiger partial charge in [0.05, 0.1) is 16.8 Å². The molecule has 4 heteroatoms. The molecule has 1 atom stereocenters. The molecule has 1 nitrogen and oxygen atoms in total. The standard InChI is InChI=1S/C14H14BrClOS/c1-8-7-11(16)9(2)6-10(8)13(15)14-12(17-3)4-5-18-14/h4-7,13H,1-3H3. The Balaban J connectivity index is 2.46. The van der Waals surface area contributed by atoms with Crippen molar-refractivity contribution < 1.29 is 4.74 Å². The maximum absolute atomic E-state index is 6.14. The lowest BCUT2D eigenvalue weighted by atomic mass is 10.0. The van der Waals surface area contributed by atoms with Crippen molar-refractivity contribution in [1.82, 2.24) is 0 Å². The van der Waals surface area contributed by atoms with Gasteiger partial charge in [0.2, 0.25) is 0 Å². The molecular formula is C14H14BrClOS. The topological polar surface area (TPSA) is 9.23 Å². The minimum atomic E-state index is 0.142. The van der Waals surface area contributed by atoms with E-state index in [2.05, 4.69) is 28.9 Å². The average Bonchev–Trinajstić information content (AvgIpc) is 2.81. The van der Waals surface area contributed by atoms with Gasteiger partial charge in [-0.3, -0.25) is 0 Å². The van der Waals surface area contributed by atoms with Crippen LogP contribution in [0, 0.1) is 13.8 Å². The lowest BCUT2D eigenvalue weighted by Gasteiger charge is -2.15. The van der Waals surface area contributed by atoms with E-state index in [4.69, 9.17) is 16.3 Å². The molecule has 2 aromatic rings. The van der Waals surface area contributed by atoms with Crippen LogP contribution in [0.2, 0.25) is 5.02 Å². The van der Waals surface area contributed by atoms with Crippen LogP contribution in [0.15, 0.2) is 23.6 Å². The molecule has 18 heavy (non-hydrogen) atoms. The summed E-state index contributed by atoms with van der Waals surface area (Å²) in [6.07, 6.45) is 0. The predicted molar refractivity (Wildman–Crippen MR) is 82.6 cm³/mol. The van der Waals surface area contributed by atoms with Gasteiger partial charge in [0.25, 0.3) is 0 Å². The number of hydrogen-bond acceptors (Lipinski definition) is 2. The molecule has 0 aliphatic heterocycles. The normalized spacial score (nSPS) is 12.5. The first-order valence-electron chi connectivity index (χ1n) is 5.56. The summed E-state index contributed by atoms with van der Waals surface area (Å²) in [7, 11) is 1.70. The molecule has 0 saturated carbocycles. The van der Waals surface area contributed by atoms with Crippen molar-refractivity contribution in [1.29, 1.82) is 0 Å². The number of halogens is 2. The summed E-state index contributed by atoms with van der Waals surface area (Å²) in [6, 6.07) is 6.14. The second kappa shape index (κ2) is 5.64. The molecule has 0 N–H and O–H groups in total. The molecule has 0 fully saturated rings. The summed E-state index contributed by atoms with van der Waals surface area (Å²) in [5, 5.41) is 2.86. The lowest BCUT2D eigenvalue weighted by molar-refractivity contribution is 0.413. The van der Waals surface area contributed by atoms with Crippen LogP contribution in [-0.4, -0.2) is 7.11 Å². The first-order chi connectivity index (χ1) is 8.54. The largest absolute Gasteiger partial charge is 0.496 e. The molecule has 1 aromatic heterocycles. The van der Waals surface area contributed by atoms with Crippen LogP contribution in [0.4, 0.5) is 0 Å². The number of hydrogen-bond donors (Lipinski definition) is 0. The quantitative estimate of drug-likeness (QED) is 0.666. The van der Waals surface area contributed by atoms with Crippen molar-refractivity contribution in [3.63, 3.8) is 0 Å². The van der Waals surface area contributed by atoms with Gasteiger partial charge >= 0.3 is 0 Å². The van der Waals surface area contributed by atoms with Gasteiger partial charge in [-0.15, -0.1) is 11.3 Å². The minimum absolute atomic E-state index is 0.142. The zero-order valence-electron chi connectivity index (χ0n) is 10.5. The Morgan fingerprint density at radius 1 is 1.28 bits per heavy atom. The van der Waals surface area contributed by atoms with Crippen molar-refractivity contribution in [3.05, 3.63) is 50.2 Å². The molecule has 1 heterocycles. The third kappa shape index (κ3) is 2.58. The summed E-state index contributed by atoms with van der Waals surface area (Å²) >= 11 is 11.6. The van der Waals surface area contributed by atoms with Crippen molar-refractivity contribution in [2.45, 2.75) is 18.7 Å². The molecule has 1 aromatic carbocycles. The van der Waals surface area contributed by atoms with Crippen LogP contribution in [0.25, 0.3) is 0 Å². The molecular weight excluding hydrogens is 332 g/mol. The molecule has 0 bridgehead atoms. The summed E-state index contributed by atoms with van der Waals surface area (Å²) in [4.78, 5) is 1.32. The number of alkyl halides is 1. The van der Waals surface area contributed by atoms with Gasteiger partial charge < -0.3 is 4.74 Å². The Kier molecular flexibility index (Phi) is 4.36. The molecule has 1 unspecified atom stereocenters. The van der Waals surface area contributed by atoms with Crippen molar-refractivity contribution in [2.24, 2.45) is 0 Å². The fourth-order valence-corrected chi connectivity index (χ4v) is 3.99. The van der Waals surface area contributed by atoms with Crippen LogP contribution in [-0.2, 0) is 0 Å². The average molecular weight is 346 g/mol. The van der Waals surface area contributed by atoms with E-state index in [1.165, 1.54) is 16.0 Å². The van der Waals surface area contributed by atoms with Gasteiger partial charge in [0.15, 0.2) is 0 Å². The Labute approximate surface area is 125 Å². The van der Waals surface area contributed by atoms with Crippen LogP contribution in [0.1, 0.15) is 26.4 Å². The first-order valence-corrected chi connectivity index (χ1v) is 7.74. The van der Waals surface area contributed by atoms with Gasteiger partial charge in [-0.25, -0.2) is 0 Å². The fraction of sp³-hybridized carbons (Fsp3) is 0.286. The molecule has 0 saturated heterocycles. The zero-order chi connectivity index (χ0) is 13.3. The number of aryl methyl sites for hydroxylation is 2. The van der Waals surface area contributed by atoms with Crippen LogP contribution in [0.5, 0.6) is 5.75 Å². The van der Waals surface area contributed by atoms with E-state index < -0.39 is 0 Å². The van der Waals surface area contributed by atoms with Crippen LogP contribution < -0.4 is 4.74 Å². The highest BCUT2D eigenvalue weighted by atomic mass is 79.9. The van der Waals surface area contributed by atoms with E-state index in [1.807, 2.05) is 24.4 Å². The van der Waals surface area contributed by atoms with Crippen molar-refractivity contribution >= 4 is 38.9 Å². The first kappa shape index (κ1) is 13.9. The lowest BCUT2D eigenvalue weighted by Crippen LogP contribution is -1.97. The number of rotatable bonds is 3. The van der Waals surface area contributed by atoms with E-state index in [-0.39, 0.29) is 4.83 Å². The second-order valence-electron chi connectivity index (χ2n) is 4.17. The zero-order valence-corrected chi connectivity index (χ0v) is 13.6. The Hall–Kier alpha value is -0.510. The Bertz CT molecular complexity index is 565. The highest BCUT2D eigenvalue weighted by molar-refractivity contribution is 9.09. The van der Waals surface area contributed by atoms with E-state index in [1.54, 1.807) is 18.4 Å². The summed E-state index contributed by atoms with van der Waals surface area (Å²) in [5.74, 6) is 0.925. The van der Waals surface area contributed by atoms with E-state index in [9.17, 15) is 0 Å². The van der Waals surface area contributed by atoms with Crippen LogP contribution >= 0.6 is 38.9 Å². The molecule has 96 valence electrons. The molecule has 0 radical (unpaired) electrons. The SMILES string of the molecule is COc1ccsc1C(Br)c1cc(C)c(Cl)cc1C. The monoisotopic (exact) mass is 344 g/mol. The van der Waals surface area contributed by atoms with E-state index >= 15 is 0 Å². The van der Waals surface area contributed by atoms with Crippen LogP contribution in [0.3, 0.4) is 0 Å². The van der Waals surface area contributed by atoms with Crippen molar-refractivity contribution in [2.75, 3.05) is 7.11 Å². The molecule has 0 aliphatic carbocycles. The maximum Gasteiger partial charge on any atom is 0.134 e. The van der Waals surface area contributed by atoms with Gasteiger partial charge in [0.1, 0.15) is 5.75 Å². The molecule has 0 aliphatic rings. The van der Waals surface area contributed by atoms with Gasteiger partial charge in [-0.05, 0) is 48.1 Å². The molecule has 0 spiro atoms. The van der Waals surface area contributed by atoms with Gasteiger partial charge in [-0.1, -0.05) is 33.6 Å². The molecule has 0 amide bonds. The third-order valence-corrected chi connectivity index (χ3v) is 5.55. The fourth-order valence-electron chi connectivity index (χ4n) is 1.88. The van der Waals surface area contributed by atoms with E-state index in [0.29, 0.717) is 0 Å². The predicted octanol–water partition coefficient (Wildman–Crippen LogP) is 5.51. The highest BCUT2D eigenvalue weighted by Crippen LogP contribution is 2.42. The maximum atomic E-state index is 6.14. The van der Waals surface area contributed by atoms with Crippen molar-refractivity contribution in [3.8, 4) is 5.75 Å². The minimum Gasteiger partial charge on any atom is -0.496 e. The molecule has 2 rings (SSSR count). The summed E-state index contributed by atoms with van der Waals surface area (Å²) in [5.41, 5.74) is 3.51. The Morgan fingerprint density at radius 2 is 2.00 bits per heavy atom. The van der Waals surface area contributed by atoms with Gasteiger partial charge in [0, 0.05) is 5.02 Å². The summed E-state index contributed by atoms with van der Waals surface area (Å²) < 4.78 is 5.38. The number of thiophene rings is 1. The highest BCUT2D eigenvalue weighted by Gasteiger charge is 2.19.